The highest BCUT2D eigenvalue weighted by Gasteiger charge is 2.21. The minimum atomic E-state index is -0.548. The number of rotatable bonds is 3. The van der Waals surface area contributed by atoms with Crippen molar-refractivity contribution in [1.29, 1.82) is 0 Å². The van der Waals surface area contributed by atoms with Gasteiger partial charge in [-0.2, -0.15) is 0 Å². The number of hydrogen-bond acceptors (Lipinski definition) is 5. The predicted octanol–water partition coefficient (Wildman–Crippen LogP) is 0.703. The molecule has 1 N–H and O–H groups in total. The van der Waals surface area contributed by atoms with Crippen LogP contribution in [0, 0.1) is 0 Å². The number of carbonyl (C=O) groups excluding carboxylic acids is 2. The van der Waals surface area contributed by atoms with Gasteiger partial charge in [0.2, 0.25) is 0 Å². The molecule has 1 aliphatic heterocycles. The lowest BCUT2D eigenvalue weighted by Crippen LogP contribution is -2.41. The lowest BCUT2D eigenvalue weighted by atomic mass is 10.2. The largest absolute Gasteiger partial charge is 0.459 e. The fourth-order valence-corrected chi connectivity index (χ4v) is 2.46. The van der Waals surface area contributed by atoms with E-state index in [1.807, 2.05) is 0 Å². The molecule has 0 spiro atoms. The van der Waals surface area contributed by atoms with E-state index in [1.54, 1.807) is 11.0 Å². The first-order chi connectivity index (χ1) is 11.6. The summed E-state index contributed by atoms with van der Waals surface area (Å²) in [5, 5.41) is 2.49. The molecule has 0 aliphatic carbocycles. The summed E-state index contributed by atoms with van der Waals surface area (Å²) in [6.07, 6.45) is 2.83. The molecule has 2 aromatic heterocycles. The zero-order valence-electron chi connectivity index (χ0n) is 13.2. The van der Waals surface area contributed by atoms with Crippen LogP contribution in [0.5, 0.6) is 0 Å². The molecule has 2 aromatic rings. The summed E-state index contributed by atoms with van der Waals surface area (Å²) < 4.78 is 11.5. The van der Waals surface area contributed by atoms with Gasteiger partial charge in [0, 0.05) is 26.3 Å². The number of pyridine rings is 1. The van der Waals surface area contributed by atoms with Crippen LogP contribution in [0.15, 0.2) is 39.9 Å². The molecule has 1 saturated heterocycles. The highest BCUT2D eigenvalue weighted by atomic mass is 16.5. The van der Waals surface area contributed by atoms with Gasteiger partial charge < -0.3 is 23.9 Å². The van der Waals surface area contributed by atoms with Crippen molar-refractivity contribution in [3.63, 3.8) is 0 Å². The Morgan fingerprint density at radius 1 is 1.25 bits per heavy atom. The highest BCUT2D eigenvalue weighted by molar-refractivity contribution is 6.03. The van der Waals surface area contributed by atoms with Gasteiger partial charge >= 0.3 is 0 Å². The number of carbonyl (C=O) groups is 2. The molecule has 3 rings (SSSR count). The number of aryl methyl sites for hydroxylation is 1. The summed E-state index contributed by atoms with van der Waals surface area (Å²) >= 11 is 0. The molecule has 0 radical (unpaired) electrons. The van der Waals surface area contributed by atoms with Crippen LogP contribution in [0.2, 0.25) is 0 Å². The number of ether oxygens (including phenoxy) is 1. The molecule has 0 aromatic carbocycles. The van der Waals surface area contributed by atoms with Crippen molar-refractivity contribution < 1.29 is 18.7 Å². The van der Waals surface area contributed by atoms with E-state index in [-0.39, 0.29) is 17.4 Å². The van der Waals surface area contributed by atoms with Gasteiger partial charge in [0.1, 0.15) is 5.69 Å². The molecule has 1 aliphatic rings. The Morgan fingerprint density at radius 3 is 2.67 bits per heavy atom. The van der Waals surface area contributed by atoms with Crippen LogP contribution in [0.1, 0.15) is 20.9 Å². The van der Waals surface area contributed by atoms with Gasteiger partial charge in [-0.1, -0.05) is 0 Å². The van der Waals surface area contributed by atoms with Crippen molar-refractivity contribution in [2.45, 2.75) is 0 Å². The Balaban J connectivity index is 1.87. The maximum atomic E-state index is 12.6. The van der Waals surface area contributed by atoms with Gasteiger partial charge in [0.15, 0.2) is 5.76 Å². The second-order valence-corrected chi connectivity index (χ2v) is 5.39. The maximum Gasteiger partial charge on any atom is 0.291 e. The van der Waals surface area contributed by atoms with Crippen molar-refractivity contribution in [1.82, 2.24) is 9.47 Å². The molecule has 0 bridgehead atoms. The number of nitrogens with one attached hydrogen (secondary N) is 1. The van der Waals surface area contributed by atoms with E-state index in [4.69, 9.17) is 9.15 Å². The number of anilines is 1. The van der Waals surface area contributed by atoms with Crippen molar-refractivity contribution in [2.75, 3.05) is 31.6 Å². The average Bonchev–Trinajstić information content (AvgIpc) is 3.13. The van der Waals surface area contributed by atoms with E-state index in [9.17, 15) is 14.4 Å². The number of morpholine rings is 1. The Labute approximate surface area is 137 Å². The maximum absolute atomic E-state index is 12.6. The SMILES string of the molecule is Cn1cc(C(=O)N2CCOCC2)cc(NC(=O)c2ccco2)c1=O. The Kier molecular flexibility index (Phi) is 4.48. The van der Waals surface area contributed by atoms with E-state index >= 15 is 0 Å². The highest BCUT2D eigenvalue weighted by Crippen LogP contribution is 2.12. The second kappa shape index (κ2) is 6.71. The van der Waals surface area contributed by atoms with Gasteiger partial charge in [-0.3, -0.25) is 14.4 Å². The summed E-state index contributed by atoms with van der Waals surface area (Å²) in [6, 6.07) is 4.45. The number of hydrogen-bond donors (Lipinski definition) is 1. The number of amides is 2. The van der Waals surface area contributed by atoms with Crippen molar-refractivity contribution in [3.8, 4) is 0 Å². The van der Waals surface area contributed by atoms with Crippen LogP contribution in [0.25, 0.3) is 0 Å². The lowest BCUT2D eigenvalue weighted by Gasteiger charge is -2.27. The van der Waals surface area contributed by atoms with E-state index in [1.165, 1.54) is 36.2 Å². The molecule has 24 heavy (non-hydrogen) atoms. The fraction of sp³-hybridized carbons (Fsp3) is 0.312. The summed E-state index contributed by atoms with van der Waals surface area (Å²) in [5.74, 6) is -0.669. The van der Waals surface area contributed by atoms with Gasteiger partial charge in [-0.15, -0.1) is 0 Å². The third-order valence-corrected chi connectivity index (χ3v) is 3.72. The first-order valence-corrected chi connectivity index (χ1v) is 7.49. The van der Waals surface area contributed by atoms with Gasteiger partial charge in [-0.05, 0) is 18.2 Å². The lowest BCUT2D eigenvalue weighted by molar-refractivity contribution is 0.0302. The molecule has 3 heterocycles. The smallest absolute Gasteiger partial charge is 0.291 e. The topological polar surface area (TPSA) is 93.8 Å². The van der Waals surface area contributed by atoms with Gasteiger partial charge in [-0.25, -0.2) is 0 Å². The summed E-state index contributed by atoms with van der Waals surface area (Å²) in [7, 11) is 1.53. The van der Waals surface area contributed by atoms with Crippen LogP contribution in [0.4, 0.5) is 5.69 Å². The van der Waals surface area contributed by atoms with Crippen molar-refractivity contribution >= 4 is 17.5 Å². The Morgan fingerprint density at radius 2 is 2.00 bits per heavy atom. The van der Waals surface area contributed by atoms with Crippen LogP contribution in [0.3, 0.4) is 0 Å². The molecule has 2 amide bonds. The van der Waals surface area contributed by atoms with E-state index in [0.29, 0.717) is 31.9 Å². The van der Waals surface area contributed by atoms with E-state index in [2.05, 4.69) is 5.32 Å². The Hall–Kier alpha value is -2.87. The van der Waals surface area contributed by atoms with Gasteiger partial charge in [0.05, 0.1) is 25.0 Å². The number of furan rings is 1. The molecule has 8 nitrogen and oxygen atoms in total. The van der Waals surface area contributed by atoms with Crippen LogP contribution < -0.4 is 10.9 Å². The normalized spacial score (nSPS) is 14.5. The molecule has 8 heteroatoms. The van der Waals surface area contributed by atoms with Crippen LogP contribution in [-0.2, 0) is 11.8 Å². The minimum absolute atomic E-state index is 0.0259. The standard InChI is InChI=1S/C16H17N3O5/c1-18-10-11(15(21)19-4-7-23-8-5-19)9-12(16(18)22)17-14(20)13-3-2-6-24-13/h2-3,6,9-10H,4-5,7-8H2,1H3,(H,17,20). The van der Waals surface area contributed by atoms with Crippen LogP contribution in [-0.4, -0.2) is 47.6 Å². The monoisotopic (exact) mass is 331 g/mol. The van der Waals surface area contributed by atoms with Gasteiger partial charge in [0.25, 0.3) is 17.4 Å². The second-order valence-electron chi connectivity index (χ2n) is 5.39. The minimum Gasteiger partial charge on any atom is -0.459 e. The summed E-state index contributed by atoms with van der Waals surface area (Å²) in [4.78, 5) is 38.5. The average molecular weight is 331 g/mol. The third-order valence-electron chi connectivity index (χ3n) is 3.72. The molecule has 126 valence electrons. The zero-order chi connectivity index (χ0) is 17.1. The first kappa shape index (κ1) is 16.0. The first-order valence-electron chi connectivity index (χ1n) is 7.49. The summed E-state index contributed by atoms with van der Waals surface area (Å²) in [6.45, 7) is 1.96. The molecular formula is C16H17N3O5. The van der Waals surface area contributed by atoms with Crippen molar-refractivity contribution in [2.24, 2.45) is 7.05 Å². The van der Waals surface area contributed by atoms with E-state index in [0.717, 1.165) is 0 Å². The molecule has 0 unspecified atom stereocenters. The van der Waals surface area contributed by atoms with Crippen LogP contribution >= 0.6 is 0 Å². The fourth-order valence-electron chi connectivity index (χ4n) is 2.46. The molecular weight excluding hydrogens is 314 g/mol. The van der Waals surface area contributed by atoms with Crippen molar-refractivity contribution in [3.05, 3.63) is 52.3 Å². The quantitative estimate of drug-likeness (QED) is 0.894. The molecule has 0 atom stereocenters. The summed E-state index contributed by atoms with van der Waals surface area (Å²) in [5.41, 5.74) is -0.0554. The predicted molar refractivity (Wildman–Crippen MR) is 85.1 cm³/mol. The molecule has 0 saturated carbocycles. The third kappa shape index (κ3) is 3.23. The number of aromatic nitrogens is 1. The zero-order valence-corrected chi connectivity index (χ0v) is 13.2. The Bertz CT molecular complexity index is 804. The van der Waals surface area contributed by atoms with E-state index < -0.39 is 11.5 Å². The number of nitrogens with zero attached hydrogens (tertiary/aromatic N) is 2. The molecule has 1 fully saturated rings.